The van der Waals surface area contributed by atoms with Crippen LogP contribution >= 0.6 is 0 Å². The van der Waals surface area contributed by atoms with Gasteiger partial charge in [0.15, 0.2) is 0 Å². The lowest BCUT2D eigenvalue weighted by Crippen LogP contribution is -2.57. The lowest BCUT2D eigenvalue weighted by Gasteiger charge is -2.39. The molecule has 0 saturated heterocycles. The standard InChI is InChI=1S/C29H49N3O4/c1-11-13-14-15-30-26(33)25(23-17-20(5)16-21(6)18-23)32(22(7)12-2)27(34)24(19(3)4)31-28(35)36-29(8,9)10/h16-19,22,24-25H,11-15H2,1-10H3,(H,30,33)(H,31,35). The zero-order chi connectivity index (χ0) is 27.6. The lowest BCUT2D eigenvalue weighted by molar-refractivity contribution is -0.146. The molecule has 0 radical (unpaired) electrons. The largest absolute Gasteiger partial charge is 0.444 e. The highest BCUT2D eigenvalue weighted by molar-refractivity contribution is 5.92. The molecule has 7 nitrogen and oxygen atoms in total. The van der Waals surface area contributed by atoms with Crippen molar-refractivity contribution >= 4 is 17.9 Å². The Hall–Kier alpha value is -2.57. The quantitative estimate of drug-likeness (QED) is 0.352. The van der Waals surface area contributed by atoms with Crippen LogP contribution in [0.2, 0.25) is 0 Å². The smallest absolute Gasteiger partial charge is 0.408 e. The molecule has 1 aromatic carbocycles. The number of nitrogens with one attached hydrogen (secondary N) is 2. The zero-order valence-electron chi connectivity index (χ0n) is 24.2. The first-order valence-corrected chi connectivity index (χ1v) is 13.4. The fourth-order valence-corrected chi connectivity index (χ4v) is 4.19. The van der Waals surface area contributed by atoms with Crippen molar-refractivity contribution in [3.05, 3.63) is 34.9 Å². The van der Waals surface area contributed by atoms with E-state index in [9.17, 15) is 14.4 Å². The number of nitrogens with zero attached hydrogens (tertiary/aromatic N) is 1. The molecule has 0 fully saturated rings. The van der Waals surface area contributed by atoms with Crippen molar-refractivity contribution in [2.24, 2.45) is 5.92 Å². The second kappa shape index (κ2) is 14.2. The third-order valence-corrected chi connectivity index (χ3v) is 6.09. The van der Waals surface area contributed by atoms with Crippen molar-refractivity contribution in [1.29, 1.82) is 0 Å². The second-order valence-corrected chi connectivity index (χ2v) is 11.2. The van der Waals surface area contributed by atoms with Crippen LogP contribution in [0.4, 0.5) is 4.79 Å². The molecule has 0 spiro atoms. The predicted molar refractivity (Wildman–Crippen MR) is 146 cm³/mol. The summed E-state index contributed by atoms with van der Waals surface area (Å²) in [5.74, 6) is -0.702. The summed E-state index contributed by atoms with van der Waals surface area (Å²) in [6.07, 6.45) is 2.98. The Morgan fingerprint density at radius 2 is 1.56 bits per heavy atom. The molecular weight excluding hydrogens is 454 g/mol. The molecule has 36 heavy (non-hydrogen) atoms. The average Bonchev–Trinajstić information content (AvgIpc) is 2.75. The Balaban J connectivity index is 3.50. The molecular formula is C29H49N3O4. The van der Waals surface area contributed by atoms with Crippen LogP contribution in [0.25, 0.3) is 0 Å². The minimum absolute atomic E-state index is 0.204. The number of benzene rings is 1. The highest BCUT2D eigenvalue weighted by Crippen LogP contribution is 2.28. The minimum atomic E-state index is -0.838. The summed E-state index contributed by atoms with van der Waals surface area (Å²) in [6, 6.07) is 4.11. The first kappa shape index (κ1) is 31.5. The van der Waals surface area contributed by atoms with Gasteiger partial charge < -0.3 is 20.3 Å². The Kier molecular flexibility index (Phi) is 12.4. The van der Waals surface area contributed by atoms with E-state index in [1.54, 1.807) is 25.7 Å². The zero-order valence-corrected chi connectivity index (χ0v) is 24.2. The molecule has 0 aliphatic carbocycles. The molecule has 204 valence electrons. The number of amides is 3. The van der Waals surface area contributed by atoms with Crippen molar-refractivity contribution < 1.29 is 19.1 Å². The van der Waals surface area contributed by atoms with E-state index in [2.05, 4.69) is 23.6 Å². The topological polar surface area (TPSA) is 87.7 Å². The van der Waals surface area contributed by atoms with Crippen LogP contribution in [0.15, 0.2) is 18.2 Å². The van der Waals surface area contributed by atoms with Crippen molar-refractivity contribution in [1.82, 2.24) is 15.5 Å². The van der Waals surface area contributed by atoms with E-state index in [1.165, 1.54) is 0 Å². The number of hydrogen-bond acceptors (Lipinski definition) is 4. The van der Waals surface area contributed by atoms with Gasteiger partial charge in [-0.1, -0.05) is 69.9 Å². The number of aryl methyl sites for hydroxylation is 2. The Morgan fingerprint density at radius 3 is 2.03 bits per heavy atom. The SMILES string of the molecule is CCCCCNC(=O)C(c1cc(C)cc(C)c1)N(C(=O)C(NC(=O)OC(C)(C)C)C(C)C)C(C)CC. The number of alkyl carbamates (subject to hydrolysis) is 1. The Labute approximate surface area is 218 Å². The molecule has 0 saturated carbocycles. The third-order valence-electron chi connectivity index (χ3n) is 6.09. The van der Waals surface area contributed by atoms with Crippen molar-refractivity contribution in [2.45, 2.75) is 119 Å². The lowest BCUT2D eigenvalue weighted by atomic mass is 9.95. The fourth-order valence-electron chi connectivity index (χ4n) is 4.19. The van der Waals surface area contributed by atoms with Crippen molar-refractivity contribution in [3.8, 4) is 0 Å². The number of carbonyl (C=O) groups is 3. The van der Waals surface area contributed by atoms with Gasteiger partial charge in [-0.2, -0.15) is 0 Å². The highest BCUT2D eigenvalue weighted by atomic mass is 16.6. The molecule has 0 bridgehead atoms. The molecule has 3 amide bonds. The molecule has 0 aliphatic heterocycles. The maximum absolute atomic E-state index is 14.1. The van der Waals surface area contributed by atoms with Crippen LogP contribution in [0.3, 0.4) is 0 Å². The summed E-state index contributed by atoms with van der Waals surface area (Å²) >= 11 is 0. The Bertz CT molecular complexity index is 856. The maximum Gasteiger partial charge on any atom is 0.408 e. The van der Waals surface area contributed by atoms with Gasteiger partial charge in [0.1, 0.15) is 17.7 Å². The van der Waals surface area contributed by atoms with Crippen molar-refractivity contribution in [3.63, 3.8) is 0 Å². The monoisotopic (exact) mass is 503 g/mol. The van der Waals surface area contributed by atoms with E-state index in [4.69, 9.17) is 4.74 Å². The molecule has 0 aliphatic rings. The van der Waals surface area contributed by atoms with Crippen LogP contribution in [0.1, 0.15) is 104 Å². The minimum Gasteiger partial charge on any atom is -0.444 e. The van der Waals surface area contributed by atoms with Gasteiger partial charge in [0.05, 0.1) is 0 Å². The number of ether oxygens (including phenoxy) is 1. The number of rotatable bonds is 12. The van der Waals surface area contributed by atoms with Crippen molar-refractivity contribution in [2.75, 3.05) is 6.54 Å². The third kappa shape index (κ3) is 9.82. The predicted octanol–water partition coefficient (Wildman–Crippen LogP) is 5.83. The summed E-state index contributed by atoms with van der Waals surface area (Å²) in [7, 11) is 0. The summed E-state index contributed by atoms with van der Waals surface area (Å²) in [5, 5.41) is 5.84. The van der Waals surface area contributed by atoms with E-state index < -0.39 is 23.8 Å². The van der Waals surface area contributed by atoms with Crippen LogP contribution in [0.5, 0.6) is 0 Å². The van der Waals surface area contributed by atoms with Gasteiger partial charge in [0.25, 0.3) is 0 Å². The van der Waals surface area contributed by atoms with Gasteiger partial charge in [0.2, 0.25) is 11.8 Å². The van der Waals surface area contributed by atoms with E-state index in [0.29, 0.717) is 13.0 Å². The number of unbranched alkanes of at least 4 members (excludes halogenated alkanes) is 2. The van der Waals surface area contributed by atoms with Gasteiger partial charge >= 0.3 is 6.09 Å². The van der Waals surface area contributed by atoms with Crippen LogP contribution in [0, 0.1) is 19.8 Å². The molecule has 1 aromatic rings. The normalized spacial score (nSPS) is 14.1. The first-order valence-electron chi connectivity index (χ1n) is 13.4. The van der Waals surface area contributed by atoms with E-state index >= 15 is 0 Å². The molecule has 0 aromatic heterocycles. The van der Waals surface area contributed by atoms with Gasteiger partial charge in [0, 0.05) is 12.6 Å². The highest BCUT2D eigenvalue weighted by Gasteiger charge is 2.39. The first-order chi connectivity index (χ1) is 16.7. The molecule has 3 atom stereocenters. The van der Waals surface area contributed by atoms with Gasteiger partial charge in [-0.25, -0.2) is 4.79 Å². The van der Waals surface area contributed by atoms with Gasteiger partial charge in [-0.3, -0.25) is 9.59 Å². The van der Waals surface area contributed by atoms with Crippen LogP contribution < -0.4 is 10.6 Å². The second-order valence-electron chi connectivity index (χ2n) is 11.2. The van der Waals surface area contributed by atoms with E-state index in [0.717, 1.165) is 36.0 Å². The van der Waals surface area contributed by atoms with E-state index in [1.807, 2.05) is 53.7 Å². The summed E-state index contributed by atoms with van der Waals surface area (Å²) in [5.41, 5.74) is 2.13. The molecule has 2 N–H and O–H groups in total. The summed E-state index contributed by atoms with van der Waals surface area (Å²) in [6.45, 7) is 19.7. The van der Waals surface area contributed by atoms with Gasteiger partial charge in [-0.15, -0.1) is 0 Å². The van der Waals surface area contributed by atoms with Gasteiger partial charge in [-0.05, 0) is 65.9 Å². The molecule has 0 heterocycles. The summed E-state index contributed by atoms with van der Waals surface area (Å²) < 4.78 is 5.44. The average molecular weight is 504 g/mol. The Morgan fingerprint density at radius 1 is 0.972 bits per heavy atom. The molecule has 3 unspecified atom stereocenters. The number of hydrogen-bond donors (Lipinski definition) is 2. The molecule has 1 rings (SSSR count). The van der Waals surface area contributed by atoms with E-state index in [-0.39, 0.29) is 23.8 Å². The summed E-state index contributed by atoms with van der Waals surface area (Å²) in [4.78, 5) is 42.1. The molecule has 7 heteroatoms. The van der Waals surface area contributed by atoms with Crippen LogP contribution in [-0.2, 0) is 14.3 Å². The number of carbonyl (C=O) groups excluding carboxylic acids is 3. The fraction of sp³-hybridized carbons (Fsp3) is 0.690. The maximum atomic E-state index is 14.1. The van der Waals surface area contributed by atoms with Crippen LogP contribution in [-0.4, -0.2) is 47.0 Å².